The number of carbonyl (C=O) groups is 1. The molecule has 1 N–H and O–H groups in total. The minimum Gasteiger partial charge on any atom is -0.477 e. The number of aromatic nitrogens is 1. The third-order valence-corrected chi connectivity index (χ3v) is 2.87. The summed E-state index contributed by atoms with van der Waals surface area (Å²) in [6.45, 7) is 0. The van der Waals surface area contributed by atoms with Gasteiger partial charge in [-0.05, 0) is 30.3 Å². The van der Waals surface area contributed by atoms with Crippen molar-refractivity contribution in [3.05, 3.63) is 46.7 Å². The molecule has 4 nitrogen and oxygen atoms in total. The molecule has 0 saturated carbocycles. The van der Waals surface area contributed by atoms with Gasteiger partial charge in [0, 0.05) is 10.7 Å². The van der Waals surface area contributed by atoms with E-state index < -0.39 is 18.1 Å². The van der Waals surface area contributed by atoms with Crippen molar-refractivity contribution in [2.24, 2.45) is 0 Å². The Labute approximate surface area is 119 Å². The highest BCUT2D eigenvalue weighted by Gasteiger charge is 2.32. The number of ether oxygens (including phenoxy) is 1. The van der Waals surface area contributed by atoms with Crippen molar-refractivity contribution < 1.29 is 27.8 Å². The average Bonchev–Trinajstić information content (AvgIpc) is 2.75. The van der Waals surface area contributed by atoms with Crippen molar-refractivity contribution in [1.29, 1.82) is 0 Å². The summed E-state index contributed by atoms with van der Waals surface area (Å²) in [6, 6.07) is 6.64. The predicted molar refractivity (Wildman–Crippen MR) is 67.1 cm³/mol. The Morgan fingerprint density at radius 3 is 2.60 bits per heavy atom. The minimum absolute atomic E-state index is 0.0204. The summed E-state index contributed by atoms with van der Waals surface area (Å²) in [6.07, 6.45) is -3.53. The number of rotatable bonds is 3. The Morgan fingerprint density at radius 1 is 1.30 bits per heavy atom. The molecule has 2 aromatic rings. The van der Waals surface area contributed by atoms with E-state index in [2.05, 4.69) is 20.7 Å². The Kier molecular flexibility index (Phi) is 3.76. The van der Waals surface area contributed by atoms with E-state index in [-0.39, 0.29) is 11.4 Å². The van der Waals surface area contributed by atoms with Crippen LogP contribution in [-0.2, 0) is 0 Å². The first-order chi connectivity index (χ1) is 9.28. The van der Waals surface area contributed by atoms with E-state index >= 15 is 0 Å². The molecule has 0 saturated heterocycles. The van der Waals surface area contributed by atoms with Gasteiger partial charge in [-0.3, -0.25) is 0 Å². The quantitative estimate of drug-likeness (QED) is 0.915. The first-order valence-electron chi connectivity index (χ1n) is 5.24. The molecule has 0 atom stereocenters. The van der Waals surface area contributed by atoms with Gasteiger partial charge in [0.15, 0.2) is 5.75 Å². The number of carboxylic acid groups (broad SMARTS) is 1. The molecule has 106 valence electrons. The molecule has 0 aliphatic heterocycles. The maximum atomic E-state index is 12.4. The molecule has 0 spiro atoms. The molecule has 0 unspecified atom stereocenters. The Hall–Kier alpha value is -1.96. The van der Waals surface area contributed by atoms with Gasteiger partial charge in [-0.1, -0.05) is 15.9 Å². The van der Waals surface area contributed by atoms with Crippen LogP contribution >= 0.6 is 15.9 Å². The van der Waals surface area contributed by atoms with Crippen molar-refractivity contribution in [3.63, 3.8) is 0 Å². The highest BCUT2D eigenvalue weighted by atomic mass is 79.9. The molecule has 0 radical (unpaired) electrons. The molecule has 20 heavy (non-hydrogen) atoms. The van der Waals surface area contributed by atoms with Crippen LogP contribution < -0.4 is 4.74 Å². The van der Waals surface area contributed by atoms with E-state index in [0.717, 1.165) is 10.6 Å². The molecule has 0 fully saturated rings. The van der Waals surface area contributed by atoms with Crippen LogP contribution in [0.3, 0.4) is 0 Å². The van der Waals surface area contributed by atoms with Crippen LogP contribution in [0.15, 0.2) is 41.0 Å². The number of alkyl halides is 3. The van der Waals surface area contributed by atoms with Gasteiger partial charge >= 0.3 is 12.3 Å². The van der Waals surface area contributed by atoms with Crippen molar-refractivity contribution in [1.82, 2.24) is 4.57 Å². The molecule has 0 bridgehead atoms. The van der Waals surface area contributed by atoms with Crippen molar-refractivity contribution in [2.45, 2.75) is 6.36 Å². The van der Waals surface area contributed by atoms with Gasteiger partial charge in [-0.15, -0.1) is 13.2 Å². The van der Waals surface area contributed by atoms with Gasteiger partial charge in [-0.25, -0.2) is 4.79 Å². The number of halogens is 4. The zero-order valence-corrected chi connectivity index (χ0v) is 11.3. The summed E-state index contributed by atoms with van der Waals surface area (Å²) >= 11 is 3.04. The van der Waals surface area contributed by atoms with Crippen molar-refractivity contribution >= 4 is 21.9 Å². The number of carboxylic acids is 1. The first-order valence-corrected chi connectivity index (χ1v) is 6.03. The lowest BCUT2D eigenvalue weighted by Crippen LogP contribution is -2.19. The largest absolute Gasteiger partial charge is 0.573 e. The van der Waals surface area contributed by atoms with Gasteiger partial charge in [-0.2, -0.15) is 0 Å². The standard InChI is InChI=1S/C12H7BrF3NO3/c13-7-3-4-8(10(6-7)20-12(14,15)16)17-5-1-2-9(17)11(18)19/h1-6H,(H,18,19). The highest BCUT2D eigenvalue weighted by Crippen LogP contribution is 2.32. The summed E-state index contributed by atoms with van der Waals surface area (Å²) in [4.78, 5) is 11.0. The molecular formula is C12H7BrF3NO3. The van der Waals surface area contributed by atoms with Crippen LogP contribution in [0.25, 0.3) is 5.69 Å². The fourth-order valence-electron chi connectivity index (χ4n) is 1.66. The van der Waals surface area contributed by atoms with Crippen molar-refractivity contribution in [2.75, 3.05) is 0 Å². The van der Waals surface area contributed by atoms with Gasteiger partial charge < -0.3 is 14.4 Å². The smallest absolute Gasteiger partial charge is 0.477 e. The number of benzene rings is 1. The molecule has 0 aliphatic carbocycles. The monoisotopic (exact) mass is 349 g/mol. The van der Waals surface area contributed by atoms with E-state index in [1.54, 1.807) is 0 Å². The molecule has 2 rings (SSSR count). The zero-order chi connectivity index (χ0) is 14.9. The Bertz CT molecular complexity index is 652. The highest BCUT2D eigenvalue weighted by molar-refractivity contribution is 9.10. The van der Waals surface area contributed by atoms with Crippen LogP contribution in [0, 0.1) is 0 Å². The van der Waals surface area contributed by atoms with Gasteiger partial charge in [0.25, 0.3) is 0 Å². The summed E-state index contributed by atoms with van der Waals surface area (Å²) in [5.41, 5.74) is -0.188. The fraction of sp³-hybridized carbons (Fsp3) is 0.0833. The van der Waals surface area contributed by atoms with Gasteiger partial charge in [0.05, 0.1) is 5.69 Å². The molecule has 0 amide bonds. The average molecular weight is 350 g/mol. The van der Waals surface area contributed by atoms with Crippen LogP contribution in [-0.4, -0.2) is 22.0 Å². The molecule has 1 heterocycles. The fourth-order valence-corrected chi connectivity index (χ4v) is 2.00. The SMILES string of the molecule is O=C(O)c1cccn1-c1ccc(Br)cc1OC(F)(F)F. The second-order valence-corrected chi connectivity index (χ2v) is 4.64. The first kappa shape index (κ1) is 14.4. The Balaban J connectivity index is 2.56. The summed E-state index contributed by atoms with van der Waals surface area (Å²) < 4.78 is 42.6. The lowest BCUT2D eigenvalue weighted by atomic mass is 10.3. The van der Waals surface area contributed by atoms with Crippen LogP contribution in [0.5, 0.6) is 5.75 Å². The van der Waals surface area contributed by atoms with E-state index in [9.17, 15) is 18.0 Å². The molecule has 1 aromatic heterocycles. The molecular weight excluding hydrogens is 343 g/mol. The molecule has 0 aliphatic rings. The van der Waals surface area contributed by atoms with Crippen molar-refractivity contribution in [3.8, 4) is 11.4 Å². The number of aromatic carboxylic acids is 1. The van der Waals surface area contributed by atoms with Gasteiger partial charge in [0.1, 0.15) is 5.69 Å². The summed E-state index contributed by atoms with van der Waals surface area (Å²) in [7, 11) is 0. The zero-order valence-electron chi connectivity index (χ0n) is 9.69. The second kappa shape index (κ2) is 5.20. The van der Waals surface area contributed by atoms with E-state index in [4.69, 9.17) is 5.11 Å². The predicted octanol–water partition coefficient (Wildman–Crippen LogP) is 3.84. The lowest BCUT2D eigenvalue weighted by molar-refractivity contribution is -0.274. The van der Waals surface area contributed by atoms with Crippen LogP contribution in [0.4, 0.5) is 13.2 Å². The second-order valence-electron chi connectivity index (χ2n) is 3.73. The molecule has 8 heteroatoms. The summed E-state index contributed by atoms with van der Waals surface area (Å²) in [5, 5.41) is 9.00. The number of nitrogens with zero attached hydrogens (tertiary/aromatic N) is 1. The van der Waals surface area contributed by atoms with Crippen LogP contribution in [0.1, 0.15) is 10.5 Å². The van der Waals surface area contributed by atoms with E-state index in [1.807, 2.05) is 0 Å². The third-order valence-electron chi connectivity index (χ3n) is 2.37. The maximum Gasteiger partial charge on any atom is 0.573 e. The summed E-state index contributed by atoms with van der Waals surface area (Å²) in [5.74, 6) is -1.75. The van der Waals surface area contributed by atoms with Gasteiger partial charge in [0.2, 0.25) is 0 Å². The third kappa shape index (κ3) is 3.13. The van der Waals surface area contributed by atoms with Crippen LogP contribution in [0.2, 0.25) is 0 Å². The topological polar surface area (TPSA) is 51.5 Å². The van der Waals surface area contributed by atoms with E-state index in [0.29, 0.717) is 4.47 Å². The number of hydrogen-bond acceptors (Lipinski definition) is 2. The van der Waals surface area contributed by atoms with E-state index in [1.165, 1.54) is 30.5 Å². The normalized spacial score (nSPS) is 11.4. The molecule has 1 aromatic carbocycles. The lowest BCUT2D eigenvalue weighted by Gasteiger charge is -2.15. The maximum absolute atomic E-state index is 12.4. The minimum atomic E-state index is -4.87. The number of hydrogen-bond donors (Lipinski definition) is 1. The Morgan fingerprint density at radius 2 is 2.00 bits per heavy atom.